The van der Waals surface area contributed by atoms with E-state index >= 15 is 0 Å². The Morgan fingerprint density at radius 3 is 2.61 bits per heavy atom. The largest absolute Gasteiger partial charge is 0.485 e. The molecule has 1 N–H and O–H groups in total. The maximum Gasteiger partial charge on any atom is 0.337 e. The van der Waals surface area contributed by atoms with Crippen molar-refractivity contribution in [2.24, 2.45) is 0 Å². The number of carbonyl (C=O) groups excluding carboxylic acids is 1. The highest BCUT2D eigenvalue weighted by Gasteiger charge is 2.46. The highest BCUT2D eigenvalue weighted by atomic mass is 16.5. The molecule has 2 aliphatic rings. The summed E-state index contributed by atoms with van der Waals surface area (Å²) in [6.07, 6.45) is 1.62. The average Bonchev–Trinajstić information content (AvgIpc) is 3.01. The first kappa shape index (κ1) is 17.8. The lowest BCUT2D eigenvalue weighted by Crippen LogP contribution is -2.53. The molecule has 1 aromatic carbocycles. The van der Waals surface area contributed by atoms with Crippen molar-refractivity contribution in [1.82, 2.24) is 4.90 Å². The zero-order valence-electron chi connectivity index (χ0n) is 13.3. The van der Waals surface area contributed by atoms with Gasteiger partial charge < -0.3 is 14.6 Å². The Hall–Kier alpha value is -1.59. The molecule has 0 aliphatic carbocycles. The van der Waals surface area contributed by atoms with Crippen LogP contribution in [0, 0.1) is 0 Å². The van der Waals surface area contributed by atoms with Crippen LogP contribution < -0.4 is 4.74 Å². The van der Waals surface area contributed by atoms with Gasteiger partial charge in [-0.15, -0.1) is 0 Å². The van der Waals surface area contributed by atoms with Gasteiger partial charge in [-0.1, -0.05) is 7.43 Å². The molecule has 128 valence electrons. The van der Waals surface area contributed by atoms with Crippen molar-refractivity contribution in [3.8, 4) is 5.75 Å². The Morgan fingerprint density at radius 2 is 2.00 bits per heavy atom. The number of carbonyl (C=O) groups is 1. The Bertz CT molecular complexity index is 578. The van der Waals surface area contributed by atoms with Crippen molar-refractivity contribution in [3.63, 3.8) is 0 Å². The third-order valence-corrected chi connectivity index (χ3v) is 4.67. The average molecular weight is 321 g/mol. The maximum atomic E-state index is 11.8. The number of hydrogen-bond acceptors (Lipinski definition) is 5. The van der Waals surface area contributed by atoms with Crippen LogP contribution in [0.3, 0.4) is 0 Å². The summed E-state index contributed by atoms with van der Waals surface area (Å²) in [5.74, 6) is 0.363. The third-order valence-electron chi connectivity index (χ3n) is 4.67. The van der Waals surface area contributed by atoms with Crippen molar-refractivity contribution in [3.05, 3.63) is 29.3 Å². The van der Waals surface area contributed by atoms with Crippen LogP contribution in [0.1, 0.15) is 56.1 Å². The molecular weight excluding hydrogens is 294 g/mol. The van der Waals surface area contributed by atoms with Crippen molar-refractivity contribution < 1.29 is 19.4 Å². The van der Waals surface area contributed by atoms with Crippen LogP contribution in [0.5, 0.6) is 5.75 Å². The zero-order chi connectivity index (χ0) is 15.9. The second kappa shape index (κ2) is 6.49. The number of methoxy groups -OCH3 is 1. The molecule has 5 heteroatoms. The number of nitrogens with zero attached hydrogens (tertiary/aromatic N) is 1. The van der Waals surface area contributed by atoms with E-state index < -0.39 is 11.7 Å². The first-order valence-electron chi connectivity index (χ1n) is 7.77. The quantitative estimate of drug-likeness (QED) is 0.849. The topological polar surface area (TPSA) is 59.0 Å². The summed E-state index contributed by atoms with van der Waals surface area (Å²) in [5.41, 5.74) is 0.699. The molecular formula is C18H27NO4. The number of rotatable bonds is 2. The first-order chi connectivity index (χ1) is 10.4. The number of benzene rings is 1. The van der Waals surface area contributed by atoms with Crippen LogP contribution in [-0.4, -0.2) is 47.9 Å². The minimum atomic E-state index is -0.660. The highest BCUT2D eigenvalue weighted by Crippen LogP contribution is 2.44. The zero-order valence-corrected chi connectivity index (χ0v) is 13.3. The van der Waals surface area contributed by atoms with Gasteiger partial charge in [0, 0.05) is 5.56 Å². The number of aliphatic hydroxyl groups is 1. The summed E-state index contributed by atoms with van der Waals surface area (Å²) in [4.78, 5) is 14.1. The van der Waals surface area contributed by atoms with Gasteiger partial charge >= 0.3 is 5.97 Å². The van der Waals surface area contributed by atoms with E-state index in [0.29, 0.717) is 5.56 Å². The number of likely N-dealkylation sites (tertiary alicyclic amines) is 1. The van der Waals surface area contributed by atoms with Gasteiger partial charge in [0.15, 0.2) is 0 Å². The fourth-order valence-corrected chi connectivity index (χ4v) is 3.43. The smallest absolute Gasteiger partial charge is 0.337 e. The summed E-state index contributed by atoms with van der Waals surface area (Å²) in [5, 5.41) is 10.8. The van der Waals surface area contributed by atoms with Gasteiger partial charge in [0.25, 0.3) is 0 Å². The molecule has 0 bridgehead atoms. The van der Waals surface area contributed by atoms with Crippen molar-refractivity contribution in [2.75, 3.05) is 20.2 Å². The van der Waals surface area contributed by atoms with Crippen molar-refractivity contribution in [2.45, 2.75) is 51.9 Å². The predicted molar refractivity (Wildman–Crippen MR) is 88.8 cm³/mol. The molecule has 1 fully saturated rings. The number of fused-ring (bicyclic) bond motifs is 1. The fraction of sp³-hybridized carbons (Fsp3) is 0.611. The summed E-state index contributed by atoms with van der Waals surface area (Å²) in [6.45, 7) is 5.72. The number of esters is 1. The summed E-state index contributed by atoms with van der Waals surface area (Å²) < 4.78 is 10.8. The molecule has 0 aromatic heterocycles. The van der Waals surface area contributed by atoms with E-state index in [4.69, 9.17) is 9.47 Å². The SMILES string of the molecule is C.COC(=O)c1ccc2c(c1)[C@@H](N1CCCC1)[C@H](O)C(C)(C)O2. The predicted octanol–water partition coefficient (Wildman–Crippen LogP) is 2.78. The lowest BCUT2D eigenvalue weighted by atomic mass is 9.85. The van der Waals surface area contributed by atoms with Gasteiger partial charge in [0.05, 0.1) is 18.7 Å². The Labute approximate surface area is 138 Å². The minimum absolute atomic E-state index is 0. The molecule has 2 aliphatic heterocycles. The van der Waals surface area contributed by atoms with Gasteiger partial charge in [0.2, 0.25) is 0 Å². The molecule has 0 unspecified atom stereocenters. The molecule has 1 saturated heterocycles. The van der Waals surface area contributed by atoms with Crippen LogP contribution in [0.15, 0.2) is 18.2 Å². The Balaban J connectivity index is 0.00000192. The van der Waals surface area contributed by atoms with E-state index in [1.165, 1.54) is 7.11 Å². The molecule has 2 heterocycles. The van der Waals surface area contributed by atoms with Crippen LogP contribution >= 0.6 is 0 Å². The van der Waals surface area contributed by atoms with Crippen LogP contribution in [0.4, 0.5) is 0 Å². The van der Waals surface area contributed by atoms with E-state index in [-0.39, 0.29) is 19.4 Å². The lowest BCUT2D eigenvalue weighted by Gasteiger charge is -2.45. The van der Waals surface area contributed by atoms with Crippen LogP contribution in [0.2, 0.25) is 0 Å². The molecule has 0 amide bonds. The summed E-state index contributed by atoms with van der Waals surface area (Å²) >= 11 is 0. The summed E-state index contributed by atoms with van der Waals surface area (Å²) in [7, 11) is 1.37. The monoisotopic (exact) mass is 321 g/mol. The molecule has 0 saturated carbocycles. The molecule has 5 nitrogen and oxygen atoms in total. The van der Waals surface area contributed by atoms with Gasteiger partial charge in [-0.3, -0.25) is 4.90 Å². The number of hydrogen-bond donors (Lipinski definition) is 1. The molecule has 0 radical (unpaired) electrons. The number of aliphatic hydroxyl groups excluding tert-OH is 1. The first-order valence-corrected chi connectivity index (χ1v) is 7.77. The van der Waals surface area contributed by atoms with Crippen molar-refractivity contribution in [1.29, 1.82) is 0 Å². The van der Waals surface area contributed by atoms with Gasteiger partial charge in [-0.05, 0) is 58.0 Å². The lowest BCUT2D eigenvalue weighted by molar-refractivity contribution is -0.0895. The minimum Gasteiger partial charge on any atom is -0.485 e. The van der Waals surface area contributed by atoms with Gasteiger partial charge in [-0.2, -0.15) is 0 Å². The van der Waals surface area contributed by atoms with Crippen LogP contribution in [-0.2, 0) is 4.74 Å². The summed E-state index contributed by atoms with van der Waals surface area (Å²) in [6, 6.07) is 5.16. The molecule has 23 heavy (non-hydrogen) atoms. The molecule has 3 rings (SSSR count). The molecule has 1 aromatic rings. The third kappa shape index (κ3) is 3.08. The van der Waals surface area contributed by atoms with Crippen LogP contribution in [0.25, 0.3) is 0 Å². The fourth-order valence-electron chi connectivity index (χ4n) is 3.43. The number of ether oxygens (including phenoxy) is 2. The molecule has 0 spiro atoms. The van der Waals surface area contributed by atoms with E-state index in [9.17, 15) is 9.90 Å². The second-order valence-corrected chi connectivity index (χ2v) is 6.58. The van der Waals surface area contributed by atoms with Gasteiger partial charge in [0.1, 0.15) is 17.5 Å². The van der Waals surface area contributed by atoms with E-state index in [1.54, 1.807) is 18.2 Å². The van der Waals surface area contributed by atoms with E-state index in [0.717, 1.165) is 37.2 Å². The standard InChI is InChI=1S/C17H23NO4.CH4/c1-17(2)15(19)14(18-8-4-5-9-18)12-10-11(16(20)21-3)6-7-13(12)22-17;/h6-7,10,14-15,19H,4-5,8-9H2,1-3H3;1H4/t14-,15+;/m1./s1. The molecule has 2 atom stereocenters. The normalized spacial score (nSPS) is 25.9. The Morgan fingerprint density at radius 1 is 1.35 bits per heavy atom. The van der Waals surface area contributed by atoms with Gasteiger partial charge in [-0.25, -0.2) is 4.79 Å². The van der Waals surface area contributed by atoms with Crippen molar-refractivity contribution >= 4 is 5.97 Å². The Kier molecular flexibility index (Phi) is 5.01. The maximum absolute atomic E-state index is 11.8. The van der Waals surface area contributed by atoms with E-state index in [2.05, 4.69) is 4.90 Å². The second-order valence-electron chi connectivity index (χ2n) is 6.58. The van der Waals surface area contributed by atoms with E-state index in [1.807, 2.05) is 13.8 Å². The highest BCUT2D eigenvalue weighted by molar-refractivity contribution is 5.89.